The number of hydrogen-bond donors (Lipinski definition) is 1. The molecule has 3 aromatic rings. The summed E-state index contributed by atoms with van der Waals surface area (Å²) in [5.41, 5.74) is 2.06. The minimum Gasteiger partial charge on any atom is -0.497 e. The summed E-state index contributed by atoms with van der Waals surface area (Å²) in [4.78, 5) is 16.6. The van der Waals surface area contributed by atoms with E-state index in [9.17, 15) is 9.18 Å². The van der Waals surface area contributed by atoms with E-state index in [1.165, 1.54) is 19.2 Å². The second-order valence-electron chi connectivity index (χ2n) is 5.75. The second kappa shape index (κ2) is 7.34. The molecular formula is C19H20FN3O2. The van der Waals surface area contributed by atoms with Crippen LogP contribution in [0.5, 0.6) is 5.75 Å². The minimum absolute atomic E-state index is 0.0186. The second-order valence-corrected chi connectivity index (χ2v) is 5.75. The monoisotopic (exact) mass is 341 g/mol. The fourth-order valence-corrected chi connectivity index (χ4v) is 2.82. The van der Waals surface area contributed by atoms with Crippen molar-refractivity contribution in [2.45, 2.75) is 19.9 Å². The molecule has 2 aromatic carbocycles. The highest BCUT2D eigenvalue weighted by molar-refractivity contribution is 5.94. The van der Waals surface area contributed by atoms with Crippen LogP contribution in [-0.2, 0) is 6.54 Å². The lowest BCUT2D eigenvalue weighted by Gasteiger charge is -2.09. The van der Waals surface area contributed by atoms with E-state index in [1.807, 2.05) is 31.2 Å². The molecule has 6 heteroatoms. The average Bonchev–Trinajstić information content (AvgIpc) is 2.93. The molecule has 1 heterocycles. The number of aryl methyl sites for hydroxylation is 2. The number of para-hydroxylation sites is 2. The van der Waals surface area contributed by atoms with Crippen LogP contribution in [0.25, 0.3) is 11.0 Å². The number of methoxy groups -OCH3 is 1. The molecule has 0 spiro atoms. The van der Waals surface area contributed by atoms with Crippen molar-refractivity contribution in [1.29, 1.82) is 0 Å². The number of nitrogens with one attached hydrogen (secondary N) is 1. The van der Waals surface area contributed by atoms with Crippen molar-refractivity contribution in [1.82, 2.24) is 14.9 Å². The van der Waals surface area contributed by atoms with Gasteiger partial charge in [0, 0.05) is 19.2 Å². The number of aromatic nitrogens is 2. The molecular weight excluding hydrogens is 321 g/mol. The highest BCUT2D eigenvalue weighted by Crippen LogP contribution is 2.17. The van der Waals surface area contributed by atoms with Gasteiger partial charge in [-0.25, -0.2) is 9.37 Å². The summed E-state index contributed by atoms with van der Waals surface area (Å²) >= 11 is 0. The van der Waals surface area contributed by atoms with E-state index in [-0.39, 0.29) is 5.56 Å². The number of rotatable bonds is 6. The number of carbonyl (C=O) groups is 1. The van der Waals surface area contributed by atoms with E-state index in [1.54, 1.807) is 6.07 Å². The fraction of sp³-hybridized carbons (Fsp3) is 0.263. The number of benzene rings is 2. The molecule has 0 unspecified atom stereocenters. The maximum absolute atomic E-state index is 13.9. The number of halogens is 1. The van der Waals surface area contributed by atoms with Crippen molar-refractivity contribution in [2.24, 2.45) is 0 Å². The van der Waals surface area contributed by atoms with Crippen molar-refractivity contribution in [2.75, 3.05) is 13.7 Å². The van der Waals surface area contributed by atoms with Crippen LogP contribution in [0.15, 0.2) is 42.5 Å². The Labute approximate surface area is 145 Å². The van der Waals surface area contributed by atoms with Crippen molar-refractivity contribution >= 4 is 16.9 Å². The highest BCUT2D eigenvalue weighted by atomic mass is 19.1. The molecule has 1 aromatic heterocycles. The Bertz CT molecular complexity index is 905. The summed E-state index contributed by atoms with van der Waals surface area (Å²) in [5.74, 6) is 0.311. The number of nitrogens with zero attached hydrogens (tertiary/aromatic N) is 2. The zero-order chi connectivity index (χ0) is 17.8. The Morgan fingerprint density at radius 3 is 2.84 bits per heavy atom. The summed E-state index contributed by atoms with van der Waals surface area (Å²) < 4.78 is 21.0. The van der Waals surface area contributed by atoms with Gasteiger partial charge in [-0.1, -0.05) is 12.1 Å². The normalized spacial score (nSPS) is 10.8. The van der Waals surface area contributed by atoms with E-state index in [2.05, 4.69) is 14.9 Å². The first kappa shape index (κ1) is 17.0. The van der Waals surface area contributed by atoms with Gasteiger partial charge in [0.05, 0.1) is 23.7 Å². The van der Waals surface area contributed by atoms with Crippen LogP contribution in [0.4, 0.5) is 4.39 Å². The van der Waals surface area contributed by atoms with Crippen molar-refractivity contribution in [3.63, 3.8) is 0 Å². The largest absolute Gasteiger partial charge is 0.497 e. The van der Waals surface area contributed by atoms with Crippen molar-refractivity contribution < 1.29 is 13.9 Å². The lowest BCUT2D eigenvalue weighted by Crippen LogP contribution is -2.26. The lowest BCUT2D eigenvalue weighted by atomic mass is 10.2. The number of imidazole rings is 1. The number of ether oxygens (including phenoxy) is 1. The van der Waals surface area contributed by atoms with Crippen LogP contribution in [-0.4, -0.2) is 29.1 Å². The van der Waals surface area contributed by atoms with Gasteiger partial charge in [0.15, 0.2) is 0 Å². The highest BCUT2D eigenvalue weighted by Gasteiger charge is 2.12. The molecule has 0 saturated heterocycles. The Kier molecular flexibility index (Phi) is 4.97. The van der Waals surface area contributed by atoms with E-state index in [0.717, 1.165) is 29.8 Å². The molecule has 1 amide bonds. The van der Waals surface area contributed by atoms with Crippen molar-refractivity contribution in [3.05, 3.63) is 59.7 Å². The van der Waals surface area contributed by atoms with Crippen LogP contribution in [0.1, 0.15) is 22.6 Å². The van der Waals surface area contributed by atoms with E-state index in [0.29, 0.717) is 12.3 Å². The Balaban J connectivity index is 1.58. The van der Waals surface area contributed by atoms with Crippen LogP contribution in [0.3, 0.4) is 0 Å². The summed E-state index contributed by atoms with van der Waals surface area (Å²) in [6.07, 6.45) is 0.727. The van der Waals surface area contributed by atoms with Gasteiger partial charge in [-0.2, -0.15) is 0 Å². The Morgan fingerprint density at radius 1 is 1.28 bits per heavy atom. The molecule has 0 radical (unpaired) electrons. The topological polar surface area (TPSA) is 56.1 Å². The van der Waals surface area contributed by atoms with Gasteiger partial charge >= 0.3 is 0 Å². The summed E-state index contributed by atoms with van der Waals surface area (Å²) in [6, 6.07) is 12.1. The van der Waals surface area contributed by atoms with E-state index < -0.39 is 11.7 Å². The standard InChI is InChI=1S/C19H20FN3O2/c1-13-22-17-6-3-4-7-18(17)23(13)11-5-10-21-19(24)15-9-8-14(25-2)12-16(15)20/h3-4,6-9,12H,5,10-11H2,1-2H3,(H,21,24). The number of carbonyl (C=O) groups excluding carboxylic acids is 1. The molecule has 0 aliphatic rings. The Hall–Kier alpha value is -2.89. The van der Waals surface area contributed by atoms with Crippen LogP contribution in [0.2, 0.25) is 0 Å². The molecule has 0 atom stereocenters. The zero-order valence-electron chi connectivity index (χ0n) is 14.3. The average molecular weight is 341 g/mol. The summed E-state index contributed by atoms with van der Waals surface area (Å²) in [7, 11) is 1.45. The van der Waals surface area contributed by atoms with E-state index in [4.69, 9.17) is 4.74 Å². The predicted octanol–water partition coefficient (Wildman–Crippen LogP) is 3.31. The predicted molar refractivity (Wildman–Crippen MR) is 94.4 cm³/mol. The third-order valence-corrected chi connectivity index (χ3v) is 4.11. The molecule has 0 saturated carbocycles. The summed E-state index contributed by atoms with van der Waals surface area (Å²) in [5, 5.41) is 2.75. The van der Waals surface area contributed by atoms with Crippen LogP contribution >= 0.6 is 0 Å². The number of hydrogen-bond acceptors (Lipinski definition) is 3. The quantitative estimate of drug-likeness (QED) is 0.700. The molecule has 0 fully saturated rings. The molecule has 0 aliphatic carbocycles. The molecule has 0 aliphatic heterocycles. The van der Waals surface area contributed by atoms with E-state index >= 15 is 0 Å². The van der Waals surface area contributed by atoms with Gasteiger partial charge in [0.2, 0.25) is 0 Å². The van der Waals surface area contributed by atoms with Gasteiger partial charge in [-0.3, -0.25) is 4.79 Å². The third-order valence-electron chi connectivity index (χ3n) is 4.11. The maximum atomic E-state index is 13.9. The first-order valence-corrected chi connectivity index (χ1v) is 8.14. The van der Waals surface area contributed by atoms with Crippen LogP contribution in [0, 0.1) is 12.7 Å². The number of fused-ring (bicyclic) bond motifs is 1. The van der Waals surface area contributed by atoms with Crippen LogP contribution < -0.4 is 10.1 Å². The SMILES string of the molecule is COc1ccc(C(=O)NCCCn2c(C)nc3ccccc32)c(F)c1. The molecule has 3 rings (SSSR count). The Morgan fingerprint density at radius 2 is 2.08 bits per heavy atom. The first-order valence-electron chi connectivity index (χ1n) is 8.14. The molecule has 130 valence electrons. The molecule has 0 bridgehead atoms. The van der Waals surface area contributed by atoms with Gasteiger partial charge in [0.1, 0.15) is 17.4 Å². The van der Waals surface area contributed by atoms with Gasteiger partial charge in [-0.15, -0.1) is 0 Å². The zero-order valence-corrected chi connectivity index (χ0v) is 14.3. The smallest absolute Gasteiger partial charge is 0.254 e. The van der Waals surface area contributed by atoms with Gasteiger partial charge < -0.3 is 14.6 Å². The van der Waals surface area contributed by atoms with Gasteiger partial charge in [-0.05, 0) is 37.6 Å². The third kappa shape index (κ3) is 3.63. The molecule has 1 N–H and O–H groups in total. The molecule has 5 nitrogen and oxygen atoms in total. The molecule has 25 heavy (non-hydrogen) atoms. The minimum atomic E-state index is -0.590. The maximum Gasteiger partial charge on any atom is 0.254 e. The fourth-order valence-electron chi connectivity index (χ4n) is 2.82. The summed E-state index contributed by atoms with van der Waals surface area (Å²) in [6.45, 7) is 3.15. The first-order chi connectivity index (χ1) is 12.1. The number of amides is 1. The van der Waals surface area contributed by atoms with Crippen molar-refractivity contribution in [3.8, 4) is 5.75 Å². The van der Waals surface area contributed by atoms with Gasteiger partial charge in [0.25, 0.3) is 5.91 Å². The lowest BCUT2D eigenvalue weighted by molar-refractivity contribution is 0.0948.